The molecule has 0 spiro atoms. The predicted octanol–water partition coefficient (Wildman–Crippen LogP) is 1.42. The van der Waals surface area contributed by atoms with Crippen molar-refractivity contribution < 1.29 is 4.79 Å². The van der Waals surface area contributed by atoms with Crippen molar-refractivity contribution in [3.05, 3.63) is 63.8 Å². The van der Waals surface area contributed by atoms with E-state index >= 15 is 0 Å². The minimum absolute atomic E-state index is 0.0160. The Morgan fingerprint density at radius 1 is 1.27 bits per heavy atom. The topological polar surface area (TPSA) is 69.3 Å². The lowest BCUT2D eigenvalue weighted by Crippen LogP contribution is -2.43. The van der Waals surface area contributed by atoms with E-state index < -0.39 is 0 Å². The van der Waals surface area contributed by atoms with Crippen LogP contribution in [0.4, 0.5) is 0 Å². The molecule has 4 rings (SSSR count). The molecule has 0 saturated carbocycles. The van der Waals surface area contributed by atoms with E-state index in [-0.39, 0.29) is 17.4 Å². The van der Waals surface area contributed by atoms with E-state index in [4.69, 9.17) is 0 Å². The van der Waals surface area contributed by atoms with E-state index in [1.54, 1.807) is 0 Å². The van der Waals surface area contributed by atoms with Gasteiger partial charge in [0.2, 0.25) is 5.91 Å². The molecule has 2 aliphatic rings. The summed E-state index contributed by atoms with van der Waals surface area (Å²) in [6.07, 6.45) is 2.01. The van der Waals surface area contributed by atoms with Crippen molar-refractivity contribution in [2.75, 3.05) is 19.6 Å². The molecule has 2 aromatic rings. The second-order valence-electron chi connectivity index (χ2n) is 7.43. The third-order valence-corrected chi connectivity index (χ3v) is 5.58. The standard InChI is InChI=1S/C20H24N4O2/c1-14-9-23(10-15-5-3-2-4-6-15)11-17(14)20(26)24-8-7-16-18(12-24)21-13-22-19(16)25/h2-6,13-14,17H,7-12H2,1H3,(H,21,22,25)/t14-,17-/m1/s1. The summed E-state index contributed by atoms with van der Waals surface area (Å²) in [5.41, 5.74) is 2.66. The maximum Gasteiger partial charge on any atom is 0.254 e. The van der Waals surface area contributed by atoms with Crippen LogP contribution in [0.5, 0.6) is 0 Å². The number of aromatic amines is 1. The van der Waals surface area contributed by atoms with Crippen LogP contribution in [0, 0.1) is 11.8 Å². The molecule has 6 heteroatoms. The van der Waals surface area contributed by atoms with Crippen LogP contribution in [0.25, 0.3) is 0 Å². The molecule has 1 N–H and O–H groups in total. The van der Waals surface area contributed by atoms with Gasteiger partial charge in [-0.2, -0.15) is 0 Å². The van der Waals surface area contributed by atoms with Crippen LogP contribution in [0.15, 0.2) is 41.5 Å². The number of rotatable bonds is 3. The Balaban J connectivity index is 1.43. The molecule has 26 heavy (non-hydrogen) atoms. The first-order chi connectivity index (χ1) is 12.6. The smallest absolute Gasteiger partial charge is 0.254 e. The number of carbonyl (C=O) groups excluding carboxylic acids is 1. The highest BCUT2D eigenvalue weighted by molar-refractivity contribution is 5.80. The molecule has 1 saturated heterocycles. The van der Waals surface area contributed by atoms with Crippen LogP contribution in [0.1, 0.15) is 23.7 Å². The molecule has 1 amide bonds. The SMILES string of the molecule is C[C@@H]1CN(Cc2ccccc2)C[C@H]1C(=O)N1CCc2c(nc[nH]c2=O)C1. The van der Waals surface area contributed by atoms with Crippen LogP contribution >= 0.6 is 0 Å². The van der Waals surface area contributed by atoms with Crippen molar-refractivity contribution >= 4 is 5.91 Å². The van der Waals surface area contributed by atoms with Gasteiger partial charge in [-0.15, -0.1) is 0 Å². The molecule has 6 nitrogen and oxygen atoms in total. The van der Waals surface area contributed by atoms with Crippen molar-refractivity contribution in [1.29, 1.82) is 0 Å². The van der Waals surface area contributed by atoms with Gasteiger partial charge in [-0.05, 0) is 17.9 Å². The summed E-state index contributed by atoms with van der Waals surface area (Å²) in [5, 5.41) is 0. The zero-order chi connectivity index (χ0) is 18.1. The number of fused-ring (bicyclic) bond motifs is 1. The van der Waals surface area contributed by atoms with E-state index in [9.17, 15) is 9.59 Å². The summed E-state index contributed by atoms with van der Waals surface area (Å²) in [6, 6.07) is 10.4. The Hall–Kier alpha value is -2.47. The summed E-state index contributed by atoms with van der Waals surface area (Å²) >= 11 is 0. The van der Waals surface area contributed by atoms with E-state index in [1.165, 1.54) is 11.9 Å². The highest BCUT2D eigenvalue weighted by atomic mass is 16.2. The number of hydrogen-bond acceptors (Lipinski definition) is 4. The van der Waals surface area contributed by atoms with Crippen LogP contribution in [-0.4, -0.2) is 45.3 Å². The maximum atomic E-state index is 13.1. The first-order valence-electron chi connectivity index (χ1n) is 9.22. The van der Waals surface area contributed by atoms with Gasteiger partial charge in [0.15, 0.2) is 0 Å². The first kappa shape index (κ1) is 17.0. The van der Waals surface area contributed by atoms with Crippen LogP contribution in [0.3, 0.4) is 0 Å². The third-order valence-electron chi connectivity index (χ3n) is 5.58. The Morgan fingerprint density at radius 3 is 2.88 bits per heavy atom. The lowest BCUT2D eigenvalue weighted by Gasteiger charge is -2.30. The zero-order valence-electron chi connectivity index (χ0n) is 15.0. The van der Waals surface area contributed by atoms with Crippen molar-refractivity contribution in [2.45, 2.75) is 26.4 Å². The van der Waals surface area contributed by atoms with Crippen LogP contribution in [-0.2, 0) is 24.3 Å². The molecule has 3 heterocycles. The quantitative estimate of drug-likeness (QED) is 0.907. The summed E-state index contributed by atoms with van der Waals surface area (Å²) in [5.74, 6) is 0.544. The van der Waals surface area contributed by atoms with Crippen molar-refractivity contribution in [3.63, 3.8) is 0 Å². The molecule has 136 valence electrons. The minimum atomic E-state index is -0.0784. The van der Waals surface area contributed by atoms with E-state index in [0.29, 0.717) is 25.4 Å². The number of hydrogen-bond donors (Lipinski definition) is 1. The average Bonchev–Trinajstić information content (AvgIpc) is 3.02. The summed E-state index contributed by atoms with van der Waals surface area (Å²) in [7, 11) is 0. The van der Waals surface area contributed by atoms with Crippen molar-refractivity contribution in [3.8, 4) is 0 Å². The Labute approximate surface area is 152 Å². The number of likely N-dealkylation sites (tertiary alicyclic amines) is 1. The Kier molecular flexibility index (Phi) is 4.59. The van der Waals surface area contributed by atoms with Gasteiger partial charge in [-0.25, -0.2) is 4.98 Å². The zero-order valence-corrected chi connectivity index (χ0v) is 15.0. The second-order valence-corrected chi connectivity index (χ2v) is 7.43. The molecule has 0 radical (unpaired) electrons. The molecular formula is C20H24N4O2. The molecule has 0 aliphatic carbocycles. The number of carbonyl (C=O) groups is 1. The van der Waals surface area contributed by atoms with Crippen molar-refractivity contribution in [2.24, 2.45) is 11.8 Å². The maximum absolute atomic E-state index is 13.1. The molecule has 0 bridgehead atoms. The second kappa shape index (κ2) is 7.03. The summed E-state index contributed by atoms with van der Waals surface area (Å²) in [6.45, 7) is 5.82. The third kappa shape index (κ3) is 3.29. The molecule has 2 atom stereocenters. The number of nitrogens with zero attached hydrogens (tertiary/aromatic N) is 3. The van der Waals surface area contributed by atoms with Gasteiger partial charge in [-0.3, -0.25) is 14.5 Å². The monoisotopic (exact) mass is 352 g/mol. The van der Waals surface area contributed by atoms with Crippen molar-refractivity contribution in [1.82, 2.24) is 19.8 Å². The molecule has 1 fully saturated rings. The number of aromatic nitrogens is 2. The summed E-state index contributed by atoms with van der Waals surface area (Å²) < 4.78 is 0. The van der Waals surface area contributed by atoms with E-state index in [1.807, 2.05) is 11.0 Å². The summed E-state index contributed by atoms with van der Waals surface area (Å²) in [4.78, 5) is 36.1. The highest BCUT2D eigenvalue weighted by Crippen LogP contribution is 2.28. The fourth-order valence-corrected chi connectivity index (χ4v) is 4.15. The van der Waals surface area contributed by atoms with Gasteiger partial charge in [0, 0.05) is 31.7 Å². The number of H-pyrrole nitrogens is 1. The van der Waals surface area contributed by atoms with Gasteiger partial charge in [0.25, 0.3) is 5.56 Å². The van der Waals surface area contributed by atoms with Gasteiger partial charge in [-0.1, -0.05) is 37.3 Å². The number of benzene rings is 1. The Morgan fingerprint density at radius 2 is 2.08 bits per heavy atom. The fraction of sp³-hybridized carbons (Fsp3) is 0.450. The average molecular weight is 352 g/mol. The van der Waals surface area contributed by atoms with Gasteiger partial charge in [0.1, 0.15) is 0 Å². The van der Waals surface area contributed by atoms with Gasteiger partial charge < -0.3 is 9.88 Å². The first-order valence-corrected chi connectivity index (χ1v) is 9.22. The predicted molar refractivity (Wildman–Crippen MR) is 98.4 cm³/mol. The van der Waals surface area contributed by atoms with Crippen LogP contribution in [0.2, 0.25) is 0 Å². The Bertz CT molecular complexity index is 848. The van der Waals surface area contributed by atoms with E-state index in [2.05, 4.69) is 46.1 Å². The number of nitrogens with one attached hydrogen (secondary N) is 1. The van der Waals surface area contributed by atoms with E-state index in [0.717, 1.165) is 30.9 Å². The molecule has 2 aliphatic heterocycles. The van der Waals surface area contributed by atoms with Gasteiger partial charge in [0.05, 0.1) is 24.5 Å². The normalized spacial score (nSPS) is 23.0. The minimum Gasteiger partial charge on any atom is -0.336 e. The van der Waals surface area contributed by atoms with Crippen LogP contribution < -0.4 is 5.56 Å². The molecule has 1 aromatic heterocycles. The van der Waals surface area contributed by atoms with Gasteiger partial charge >= 0.3 is 0 Å². The lowest BCUT2D eigenvalue weighted by atomic mass is 9.95. The highest BCUT2D eigenvalue weighted by Gasteiger charge is 2.38. The molecular weight excluding hydrogens is 328 g/mol. The largest absolute Gasteiger partial charge is 0.336 e. The molecule has 0 unspecified atom stereocenters. The lowest BCUT2D eigenvalue weighted by molar-refractivity contribution is -0.137. The molecule has 1 aromatic carbocycles. The fourth-order valence-electron chi connectivity index (χ4n) is 4.15. The number of amides is 1.